The third kappa shape index (κ3) is 5.40. The number of hydrogen-bond donors (Lipinski definition) is 2. The summed E-state index contributed by atoms with van der Waals surface area (Å²) in [7, 11) is 0. The highest BCUT2D eigenvalue weighted by Crippen LogP contribution is 2.14. The summed E-state index contributed by atoms with van der Waals surface area (Å²) in [5, 5.41) is 11.0. The highest BCUT2D eigenvalue weighted by molar-refractivity contribution is 5.84. The van der Waals surface area contributed by atoms with Crippen molar-refractivity contribution in [3.8, 4) is 11.8 Å². The molecular formula is C14H16FNO3. The van der Waals surface area contributed by atoms with Gasteiger partial charge in [-0.25, -0.2) is 9.18 Å². The summed E-state index contributed by atoms with van der Waals surface area (Å²) >= 11 is 0. The zero-order valence-electron chi connectivity index (χ0n) is 10.9. The number of nitrogens with one attached hydrogen (secondary N) is 1. The van der Waals surface area contributed by atoms with E-state index in [9.17, 15) is 9.18 Å². The number of amides is 1. The van der Waals surface area contributed by atoms with Crippen molar-refractivity contribution < 1.29 is 19.0 Å². The molecule has 0 fully saturated rings. The van der Waals surface area contributed by atoms with Crippen molar-refractivity contribution in [1.29, 1.82) is 0 Å². The van der Waals surface area contributed by atoms with Gasteiger partial charge in [-0.1, -0.05) is 11.8 Å². The predicted octanol–water partition coefficient (Wildman–Crippen LogP) is 2.52. The molecule has 1 amide bonds. The van der Waals surface area contributed by atoms with Gasteiger partial charge < -0.3 is 9.84 Å². The van der Waals surface area contributed by atoms with Gasteiger partial charge in [-0.15, -0.1) is 0 Å². The molecule has 0 atom stereocenters. The van der Waals surface area contributed by atoms with E-state index in [-0.39, 0.29) is 18.3 Å². The van der Waals surface area contributed by atoms with Gasteiger partial charge in [-0.05, 0) is 32.0 Å². The second-order valence-corrected chi connectivity index (χ2v) is 4.05. The van der Waals surface area contributed by atoms with Crippen LogP contribution >= 0.6 is 0 Å². The minimum atomic E-state index is -0.631. The largest absolute Gasteiger partial charge is 0.447 e. The molecule has 1 rings (SSSR count). The lowest BCUT2D eigenvalue weighted by molar-refractivity contribution is 0.130. The lowest BCUT2D eigenvalue weighted by Crippen LogP contribution is -2.18. The van der Waals surface area contributed by atoms with Gasteiger partial charge in [0, 0.05) is 12.1 Å². The number of aliphatic hydroxyl groups is 1. The van der Waals surface area contributed by atoms with Crippen LogP contribution in [0.1, 0.15) is 25.8 Å². The Balaban J connectivity index is 2.72. The highest BCUT2D eigenvalue weighted by Gasteiger charge is 2.07. The van der Waals surface area contributed by atoms with Crippen molar-refractivity contribution in [2.24, 2.45) is 0 Å². The van der Waals surface area contributed by atoms with Gasteiger partial charge in [0.2, 0.25) is 0 Å². The molecular weight excluding hydrogens is 249 g/mol. The number of halogens is 1. The van der Waals surface area contributed by atoms with E-state index in [4.69, 9.17) is 9.84 Å². The summed E-state index contributed by atoms with van der Waals surface area (Å²) in [4.78, 5) is 11.3. The fourth-order valence-electron chi connectivity index (χ4n) is 1.27. The number of aliphatic hydroxyl groups excluding tert-OH is 1. The molecule has 0 aliphatic rings. The van der Waals surface area contributed by atoms with Gasteiger partial charge in [-0.2, -0.15) is 0 Å². The Morgan fingerprint density at radius 2 is 2.26 bits per heavy atom. The van der Waals surface area contributed by atoms with Crippen LogP contribution in [0.4, 0.5) is 14.9 Å². The molecule has 0 saturated heterocycles. The number of hydrogen-bond acceptors (Lipinski definition) is 3. The average molecular weight is 265 g/mol. The summed E-state index contributed by atoms with van der Waals surface area (Å²) in [6, 6.07) is 4.17. The molecule has 0 aliphatic heterocycles. The zero-order chi connectivity index (χ0) is 14.3. The van der Waals surface area contributed by atoms with E-state index < -0.39 is 11.9 Å². The van der Waals surface area contributed by atoms with Crippen LogP contribution in [0.5, 0.6) is 0 Å². The first-order valence-electron chi connectivity index (χ1n) is 5.90. The Morgan fingerprint density at radius 3 is 2.84 bits per heavy atom. The fourth-order valence-corrected chi connectivity index (χ4v) is 1.27. The van der Waals surface area contributed by atoms with Crippen LogP contribution in [-0.4, -0.2) is 23.9 Å². The van der Waals surface area contributed by atoms with Crippen molar-refractivity contribution in [3.05, 3.63) is 29.6 Å². The number of rotatable bonds is 3. The van der Waals surface area contributed by atoms with Gasteiger partial charge >= 0.3 is 6.09 Å². The Hall–Kier alpha value is -2.06. The van der Waals surface area contributed by atoms with Crippen molar-refractivity contribution in [2.45, 2.75) is 26.4 Å². The Labute approximate surface area is 111 Å². The van der Waals surface area contributed by atoms with Gasteiger partial charge in [0.15, 0.2) is 0 Å². The van der Waals surface area contributed by atoms with E-state index in [1.807, 2.05) is 0 Å². The average Bonchev–Trinajstić information content (AvgIpc) is 2.31. The Kier molecular flexibility index (Phi) is 5.83. The SMILES string of the molecule is CC(C)OC(=O)Nc1ccc(C#CCCO)c(F)c1. The second-order valence-electron chi connectivity index (χ2n) is 4.05. The van der Waals surface area contributed by atoms with Crippen LogP contribution in [0.25, 0.3) is 0 Å². The predicted molar refractivity (Wildman–Crippen MR) is 70.2 cm³/mol. The molecule has 0 heterocycles. The highest BCUT2D eigenvalue weighted by atomic mass is 19.1. The molecule has 19 heavy (non-hydrogen) atoms. The van der Waals surface area contributed by atoms with Crippen molar-refractivity contribution in [3.63, 3.8) is 0 Å². The van der Waals surface area contributed by atoms with Crippen LogP contribution in [0.2, 0.25) is 0 Å². The topological polar surface area (TPSA) is 58.6 Å². The maximum absolute atomic E-state index is 13.6. The molecule has 2 N–H and O–H groups in total. The van der Waals surface area contributed by atoms with Crippen molar-refractivity contribution in [1.82, 2.24) is 0 Å². The van der Waals surface area contributed by atoms with Crippen LogP contribution < -0.4 is 5.32 Å². The summed E-state index contributed by atoms with van der Waals surface area (Å²) in [5.74, 6) is 4.69. The van der Waals surface area contributed by atoms with E-state index in [1.54, 1.807) is 13.8 Å². The Morgan fingerprint density at radius 1 is 1.53 bits per heavy atom. The number of carbonyl (C=O) groups excluding carboxylic acids is 1. The van der Waals surface area contributed by atoms with Crippen LogP contribution in [0.15, 0.2) is 18.2 Å². The summed E-state index contributed by atoms with van der Waals surface area (Å²) < 4.78 is 18.5. The van der Waals surface area contributed by atoms with E-state index >= 15 is 0 Å². The molecule has 0 aromatic heterocycles. The molecule has 1 aromatic rings. The molecule has 0 aliphatic carbocycles. The molecule has 0 radical (unpaired) electrons. The van der Waals surface area contributed by atoms with Crippen molar-refractivity contribution in [2.75, 3.05) is 11.9 Å². The molecule has 0 unspecified atom stereocenters. The fraction of sp³-hybridized carbons (Fsp3) is 0.357. The number of ether oxygens (including phenoxy) is 1. The molecule has 1 aromatic carbocycles. The van der Waals surface area contributed by atoms with E-state index in [0.717, 1.165) is 0 Å². The third-order valence-electron chi connectivity index (χ3n) is 2.02. The van der Waals surface area contributed by atoms with Crippen LogP contribution in [-0.2, 0) is 4.74 Å². The van der Waals surface area contributed by atoms with Gasteiger partial charge in [0.25, 0.3) is 0 Å². The Bertz CT molecular complexity index is 503. The van der Waals surface area contributed by atoms with Gasteiger partial charge in [0.05, 0.1) is 18.3 Å². The monoisotopic (exact) mass is 265 g/mol. The normalized spacial score (nSPS) is 9.74. The number of benzene rings is 1. The lowest BCUT2D eigenvalue weighted by atomic mass is 10.2. The standard InChI is InChI=1S/C14H16FNO3/c1-10(2)19-14(18)16-12-7-6-11(13(15)9-12)5-3-4-8-17/h6-7,9-10,17H,4,8H2,1-2H3,(H,16,18). The summed E-state index contributed by atoms with van der Waals surface area (Å²) in [5.41, 5.74) is 0.520. The number of anilines is 1. The maximum atomic E-state index is 13.6. The number of carbonyl (C=O) groups is 1. The maximum Gasteiger partial charge on any atom is 0.411 e. The third-order valence-corrected chi connectivity index (χ3v) is 2.02. The van der Waals surface area contributed by atoms with E-state index in [1.165, 1.54) is 18.2 Å². The van der Waals surface area contributed by atoms with Crippen LogP contribution in [0, 0.1) is 17.7 Å². The minimum absolute atomic E-state index is 0.0602. The van der Waals surface area contributed by atoms with Crippen molar-refractivity contribution >= 4 is 11.8 Å². The zero-order valence-corrected chi connectivity index (χ0v) is 10.9. The summed E-state index contributed by atoms with van der Waals surface area (Å²) in [6.45, 7) is 3.38. The van der Waals surface area contributed by atoms with Crippen LogP contribution in [0.3, 0.4) is 0 Å². The van der Waals surface area contributed by atoms with Gasteiger partial charge in [-0.3, -0.25) is 5.32 Å². The minimum Gasteiger partial charge on any atom is -0.447 e. The van der Waals surface area contributed by atoms with Gasteiger partial charge in [0.1, 0.15) is 5.82 Å². The first kappa shape index (κ1) is 15.0. The molecule has 0 saturated carbocycles. The first-order chi connectivity index (χ1) is 9.02. The molecule has 4 nitrogen and oxygen atoms in total. The lowest BCUT2D eigenvalue weighted by Gasteiger charge is -2.09. The smallest absolute Gasteiger partial charge is 0.411 e. The molecule has 5 heteroatoms. The first-order valence-corrected chi connectivity index (χ1v) is 5.90. The summed E-state index contributed by atoms with van der Waals surface area (Å²) in [6.07, 6.45) is -0.581. The van der Waals surface area contributed by atoms with E-state index in [0.29, 0.717) is 12.1 Å². The molecule has 0 spiro atoms. The quantitative estimate of drug-likeness (QED) is 0.826. The van der Waals surface area contributed by atoms with E-state index in [2.05, 4.69) is 17.2 Å². The molecule has 102 valence electrons. The molecule has 0 bridgehead atoms. The second kappa shape index (κ2) is 7.39.